The van der Waals surface area contributed by atoms with E-state index in [1.54, 1.807) is 7.11 Å². The van der Waals surface area contributed by atoms with E-state index in [2.05, 4.69) is 24.2 Å². The number of likely N-dealkylation sites (tertiary alicyclic amines) is 1. The number of carbonyl (C=O) groups is 1. The number of benzene rings is 1. The number of piperidine rings is 1. The Kier molecular flexibility index (Phi) is 4.78. The van der Waals surface area contributed by atoms with Gasteiger partial charge in [0.15, 0.2) is 0 Å². The van der Waals surface area contributed by atoms with Crippen LogP contribution in [-0.2, 0) is 11.3 Å². The SMILES string of the molecule is COCc1cccc(C(=O)NC2(C)CCN(C)CC2)c1. The van der Waals surface area contributed by atoms with Gasteiger partial charge in [-0.05, 0) is 44.5 Å². The smallest absolute Gasteiger partial charge is 0.251 e. The average Bonchev–Trinajstić information content (AvgIpc) is 2.43. The molecule has 0 aliphatic carbocycles. The fourth-order valence-corrected chi connectivity index (χ4v) is 2.55. The van der Waals surface area contributed by atoms with Crippen LogP contribution in [0.25, 0.3) is 0 Å². The van der Waals surface area contributed by atoms with Crippen molar-refractivity contribution in [2.75, 3.05) is 27.2 Å². The summed E-state index contributed by atoms with van der Waals surface area (Å²) >= 11 is 0. The van der Waals surface area contributed by atoms with Crippen LogP contribution in [0.4, 0.5) is 0 Å². The Bertz CT molecular complexity index is 465. The predicted octanol–water partition coefficient (Wildman–Crippen LogP) is 2.05. The Labute approximate surface area is 121 Å². The van der Waals surface area contributed by atoms with E-state index in [0.29, 0.717) is 12.2 Å². The second kappa shape index (κ2) is 6.37. The van der Waals surface area contributed by atoms with Crippen molar-refractivity contribution >= 4 is 5.91 Å². The Balaban J connectivity index is 2.02. The van der Waals surface area contributed by atoms with E-state index in [9.17, 15) is 4.79 Å². The number of hydrogen-bond donors (Lipinski definition) is 1. The number of carbonyl (C=O) groups excluding carboxylic acids is 1. The normalized spacial score (nSPS) is 18.8. The Hall–Kier alpha value is -1.39. The van der Waals surface area contributed by atoms with Gasteiger partial charge in [0.25, 0.3) is 5.91 Å². The number of rotatable bonds is 4. The van der Waals surface area contributed by atoms with Crippen LogP contribution in [0.1, 0.15) is 35.7 Å². The fourth-order valence-electron chi connectivity index (χ4n) is 2.55. The highest BCUT2D eigenvalue weighted by Gasteiger charge is 2.30. The molecule has 20 heavy (non-hydrogen) atoms. The molecule has 0 bridgehead atoms. The van der Waals surface area contributed by atoms with Gasteiger partial charge in [0.1, 0.15) is 0 Å². The van der Waals surface area contributed by atoms with Crippen LogP contribution < -0.4 is 5.32 Å². The molecule has 1 heterocycles. The topological polar surface area (TPSA) is 41.6 Å². The highest BCUT2D eigenvalue weighted by Crippen LogP contribution is 2.21. The lowest BCUT2D eigenvalue weighted by atomic mass is 9.89. The zero-order chi connectivity index (χ0) is 14.6. The van der Waals surface area contributed by atoms with Crippen LogP contribution in [0, 0.1) is 0 Å². The van der Waals surface area contributed by atoms with E-state index in [0.717, 1.165) is 31.5 Å². The van der Waals surface area contributed by atoms with Crippen LogP contribution in [0.5, 0.6) is 0 Å². The Morgan fingerprint density at radius 2 is 2.10 bits per heavy atom. The van der Waals surface area contributed by atoms with Gasteiger partial charge < -0.3 is 15.0 Å². The highest BCUT2D eigenvalue weighted by molar-refractivity contribution is 5.94. The van der Waals surface area contributed by atoms with E-state index < -0.39 is 0 Å². The summed E-state index contributed by atoms with van der Waals surface area (Å²) in [5, 5.41) is 3.19. The van der Waals surface area contributed by atoms with Gasteiger partial charge in [-0.15, -0.1) is 0 Å². The van der Waals surface area contributed by atoms with Gasteiger partial charge in [-0.25, -0.2) is 0 Å². The molecule has 4 heteroatoms. The summed E-state index contributed by atoms with van der Waals surface area (Å²) in [5.74, 6) is 0.00926. The van der Waals surface area contributed by atoms with Gasteiger partial charge in [-0.3, -0.25) is 4.79 Å². The molecule has 1 N–H and O–H groups in total. The summed E-state index contributed by atoms with van der Waals surface area (Å²) in [6, 6.07) is 7.63. The number of hydrogen-bond acceptors (Lipinski definition) is 3. The highest BCUT2D eigenvalue weighted by atomic mass is 16.5. The fraction of sp³-hybridized carbons (Fsp3) is 0.562. The Morgan fingerprint density at radius 3 is 2.75 bits per heavy atom. The molecule has 0 unspecified atom stereocenters. The van der Waals surface area contributed by atoms with E-state index in [4.69, 9.17) is 4.74 Å². The molecule has 0 atom stereocenters. The molecular weight excluding hydrogens is 252 g/mol. The van der Waals surface area contributed by atoms with E-state index >= 15 is 0 Å². The zero-order valence-corrected chi connectivity index (χ0v) is 12.6. The third-order valence-electron chi connectivity index (χ3n) is 4.01. The number of nitrogens with zero attached hydrogens (tertiary/aromatic N) is 1. The molecule has 1 fully saturated rings. The van der Waals surface area contributed by atoms with Crippen molar-refractivity contribution in [2.45, 2.75) is 31.9 Å². The summed E-state index contributed by atoms with van der Waals surface area (Å²) in [4.78, 5) is 14.7. The van der Waals surface area contributed by atoms with Gasteiger partial charge in [0, 0.05) is 31.3 Å². The maximum atomic E-state index is 12.4. The van der Waals surface area contributed by atoms with Crippen LogP contribution in [0.2, 0.25) is 0 Å². The van der Waals surface area contributed by atoms with E-state index in [1.807, 2.05) is 24.3 Å². The largest absolute Gasteiger partial charge is 0.380 e. The third-order valence-corrected chi connectivity index (χ3v) is 4.01. The molecule has 0 aromatic heterocycles. The van der Waals surface area contributed by atoms with Crippen molar-refractivity contribution in [1.29, 1.82) is 0 Å². The van der Waals surface area contributed by atoms with Crippen LogP contribution in [-0.4, -0.2) is 43.6 Å². The van der Waals surface area contributed by atoms with Crippen LogP contribution >= 0.6 is 0 Å². The van der Waals surface area contributed by atoms with E-state index in [1.165, 1.54) is 0 Å². The van der Waals surface area contributed by atoms with Crippen molar-refractivity contribution in [3.63, 3.8) is 0 Å². The zero-order valence-electron chi connectivity index (χ0n) is 12.6. The molecule has 1 amide bonds. The van der Waals surface area contributed by atoms with Crippen molar-refractivity contribution in [3.05, 3.63) is 35.4 Å². The molecule has 1 aromatic rings. The average molecular weight is 276 g/mol. The number of nitrogens with one attached hydrogen (secondary N) is 1. The summed E-state index contributed by atoms with van der Waals surface area (Å²) < 4.78 is 5.11. The minimum Gasteiger partial charge on any atom is -0.380 e. The molecule has 0 radical (unpaired) electrons. The molecule has 1 saturated heterocycles. The molecule has 110 valence electrons. The molecule has 4 nitrogen and oxygen atoms in total. The lowest BCUT2D eigenvalue weighted by Crippen LogP contribution is -2.52. The molecule has 0 saturated carbocycles. The number of ether oxygens (including phenoxy) is 1. The van der Waals surface area contributed by atoms with E-state index in [-0.39, 0.29) is 11.4 Å². The number of amides is 1. The minimum absolute atomic E-state index is 0.00926. The first-order valence-electron chi connectivity index (χ1n) is 7.11. The van der Waals surface area contributed by atoms with Gasteiger partial charge >= 0.3 is 0 Å². The van der Waals surface area contributed by atoms with Crippen molar-refractivity contribution in [1.82, 2.24) is 10.2 Å². The first-order chi connectivity index (χ1) is 9.52. The molecule has 1 aliphatic rings. The second-order valence-corrected chi connectivity index (χ2v) is 5.95. The molecule has 1 aliphatic heterocycles. The third kappa shape index (κ3) is 3.81. The summed E-state index contributed by atoms with van der Waals surface area (Å²) in [5.41, 5.74) is 1.63. The second-order valence-electron chi connectivity index (χ2n) is 5.95. The van der Waals surface area contributed by atoms with Crippen molar-refractivity contribution in [2.24, 2.45) is 0 Å². The standard InChI is InChI=1S/C16H24N2O2/c1-16(7-9-18(2)10-8-16)17-15(19)14-6-4-5-13(11-14)12-20-3/h4-6,11H,7-10,12H2,1-3H3,(H,17,19). The predicted molar refractivity (Wildman–Crippen MR) is 79.8 cm³/mol. The first-order valence-corrected chi connectivity index (χ1v) is 7.11. The maximum Gasteiger partial charge on any atom is 0.251 e. The van der Waals surface area contributed by atoms with Crippen molar-refractivity contribution in [3.8, 4) is 0 Å². The minimum atomic E-state index is -0.0964. The van der Waals surface area contributed by atoms with Crippen LogP contribution in [0.3, 0.4) is 0 Å². The molecule has 1 aromatic carbocycles. The summed E-state index contributed by atoms with van der Waals surface area (Å²) in [7, 11) is 3.78. The van der Waals surface area contributed by atoms with Crippen molar-refractivity contribution < 1.29 is 9.53 Å². The van der Waals surface area contributed by atoms with Gasteiger partial charge in [0.2, 0.25) is 0 Å². The first kappa shape index (κ1) is 15.0. The quantitative estimate of drug-likeness (QED) is 0.915. The van der Waals surface area contributed by atoms with Gasteiger partial charge in [-0.1, -0.05) is 12.1 Å². The summed E-state index contributed by atoms with van der Waals surface area (Å²) in [6.45, 7) is 4.72. The summed E-state index contributed by atoms with van der Waals surface area (Å²) in [6.07, 6.45) is 1.99. The molecule has 0 spiro atoms. The van der Waals surface area contributed by atoms with Gasteiger partial charge in [0.05, 0.1) is 6.61 Å². The molecule has 2 rings (SSSR count). The van der Waals surface area contributed by atoms with Gasteiger partial charge in [-0.2, -0.15) is 0 Å². The Morgan fingerprint density at radius 1 is 1.40 bits per heavy atom. The maximum absolute atomic E-state index is 12.4. The lowest BCUT2D eigenvalue weighted by Gasteiger charge is -2.38. The van der Waals surface area contributed by atoms with Crippen LogP contribution in [0.15, 0.2) is 24.3 Å². The monoisotopic (exact) mass is 276 g/mol. The number of methoxy groups -OCH3 is 1. The molecular formula is C16H24N2O2. The lowest BCUT2D eigenvalue weighted by molar-refractivity contribution is 0.0851.